The number of hydrogen-bond acceptors (Lipinski definition) is 2. The zero-order valence-electron chi connectivity index (χ0n) is 43.2. The average molecular weight is 892 g/mol. The van der Waals surface area contributed by atoms with Crippen LogP contribution in [0, 0.1) is 6.33 Å². The lowest BCUT2D eigenvalue weighted by atomic mass is 9.88. The zero-order chi connectivity index (χ0) is 50.6. The number of rotatable bonds is 6. The fourth-order valence-corrected chi connectivity index (χ4v) is 10.2. The van der Waals surface area contributed by atoms with Crippen LogP contribution in [0.25, 0.3) is 106 Å². The summed E-state index contributed by atoms with van der Waals surface area (Å²) >= 11 is 0. The maximum atomic E-state index is 9.21. The standard InChI is InChI=1S/C64H46N4O/c1-64(2,3)44-35-36-65-61(37-44)68-57-33-15-14-29-52(57)56-39-55(43-21-8-5-9-22-43)60(40-59(56)68)69-46-24-16-23-45(38-46)66-41-67-62-47(42-19-6-4-7-20-42)30-17-31-53(62)50-27-12-10-25-48(50)49-26-11-13-28-51(49)54-32-18-34-58(66)63(54)67/h4-40H,1-3H3/i5D,8D,9D,21D,22D. The van der Waals surface area contributed by atoms with Crippen molar-refractivity contribution in [2.75, 3.05) is 0 Å². The maximum absolute atomic E-state index is 9.21. The van der Waals surface area contributed by atoms with Crippen molar-refractivity contribution in [1.82, 2.24) is 14.1 Å². The predicted molar refractivity (Wildman–Crippen MR) is 282 cm³/mol. The van der Waals surface area contributed by atoms with Crippen molar-refractivity contribution in [3.63, 3.8) is 0 Å². The van der Waals surface area contributed by atoms with Gasteiger partial charge >= 0.3 is 0 Å². The molecule has 3 aromatic heterocycles. The molecular weight excluding hydrogens is 841 g/mol. The number of ether oxygens (including phenoxy) is 1. The monoisotopic (exact) mass is 891 g/mol. The maximum Gasteiger partial charge on any atom is 0.269 e. The van der Waals surface area contributed by atoms with Crippen molar-refractivity contribution in [2.24, 2.45) is 0 Å². The molecule has 69 heavy (non-hydrogen) atoms. The highest BCUT2D eigenvalue weighted by Gasteiger charge is 2.27. The third-order valence-electron chi connectivity index (χ3n) is 13.4. The molecule has 0 radical (unpaired) electrons. The number of nitrogens with zero attached hydrogens (tertiary/aromatic N) is 4. The van der Waals surface area contributed by atoms with Crippen molar-refractivity contribution in [3.8, 4) is 84.3 Å². The molecule has 1 aliphatic rings. The van der Waals surface area contributed by atoms with Crippen molar-refractivity contribution in [3.05, 3.63) is 236 Å². The first-order valence-corrected chi connectivity index (χ1v) is 23.2. The quantitative estimate of drug-likeness (QED) is 0.123. The summed E-state index contributed by atoms with van der Waals surface area (Å²) in [5.41, 5.74) is 15.5. The Kier molecular flexibility index (Phi) is 8.17. The molecule has 0 amide bonds. The molecule has 0 N–H and O–H groups in total. The van der Waals surface area contributed by atoms with Gasteiger partial charge in [0.25, 0.3) is 6.33 Å². The summed E-state index contributed by atoms with van der Waals surface area (Å²) in [5, 5.41) is 1.73. The van der Waals surface area contributed by atoms with Gasteiger partial charge in [-0.15, -0.1) is 0 Å². The number of benzene rings is 9. The Bertz CT molecular complexity index is 4260. The minimum atomic E-state index is -0.464. The lowest BCUT2D eigenvalue weighted by molar-refractivity contribution is -0.570. The van der Waals surface area contributed by atoms with E-state index in [1.165, 1.54) is 0 Å². The molecule has 0 saturated carbocycles. The Hall–Kier alpha value is -8.80. The molecule has 0 saturated heterocycles. The molecule has 12 aromatic rings. The van der Waals surface area contributed by atoms with Crippen LogP contribution in [0.15, 0.2) is 224 Å². The van der Waals surface area contributed by atoms with E-state index in [-0.39, 0.29) is 23.1 Å². The lowest BCUT2D eigenvalue weighted by Gasteiger charge is -2.20. The molecule has 1 aliphatic heterocycles. The van der Waals surface area contributed by atoms with Crippen LogP contribution in [0.4, 0.5) is 0 Å². The van der Waals surface area contributed by atoms with Gasteiger partial charge in [-0.25, -0.2) is 4.98 Å². The van der Waals surface area contributed by atoms with Crippen LogP contribution in [-0.4, -0.2) is 14.1 Å². The normalized spacial score (nSPS) is 13.0. The van der Waals surface area contributed by atoms with Gasteiger partial charge in [0.2, 0.25) is 0 Å². The number of para-hydroxylation sites is 3. The third-order valence-corrected chi connectivity index (χ3v) is 13.4. The van der Waals surface area contributed by atoms with Gasteiger partial charge in [0.1, 0.15) is 17.3 Å². The topological polar surface area (TPSA) is 35.9 Å². The fourth-order valence-electron chi connectivity index (χ4n) is 10.2. The number of pyridine rings is 1. The molecule has 13 rings (SSSR count). The summed E-state index contributed by atoms with van der Waals surface area (Å²) < 4.78 is 57.9. The first kappa shape index (κ1) is 35.4. The molecule has 5 nitrogen and oxygen atoms in total. The average Bonchev–Trinajstić information content (AvgIpc) is 3.98. The Balaban J connectivity index is 1.05. The summed E-state index contributed by atoms with van der Waals surface area (Å²) in [6.07, 6.45) is 5.70. The molecule has 328 valence electrons. The van der Waals surface area contributed by atoms with Gasteiger partial charge in [-0.05, 0) is 104 Å². The van der Waals surface area contributed by atoms with Gasteiger partial charge in [0.15, 0.2) is 0 Å². The van der Waals surface area contributed by atoms with Crippen molar-refractivity contribution >= 4 is 32.8 Å². The molecular formula is C64H46N4O. The fraction of sp³-hybridized carbons (Fsp3) is 0.0625. The molecule has 9 aromatic carbocycles. The first-order valence-electron chi connectivity index (χ1n) is 25.7. The number of imidazole rings is 1. The lowest BCUT2D eigenvalue weighted by Crippen LogP contribution is -2.32. The van der Waals surface area contributed by atoms with Crippen molar-refractivity contribution < 1.29 is 16.2 Å². The number of fused-ring (bicyclic) bond motifs is 10. The summed E-state index contributed by atoms with van der Waals surface area (Å²) in [6.45, 7) is 6.52. The molecule has 0 unspecified atom stereocenters. The van der Waals surface area contributed by atoms with Gasteiger partial charge in [-0.3, -0.25) is 13.7 Å². The van der Waals surface area contributed by atoms with Crippen molar-refractivity contribution in [2.45, 2.75) is 26.2 Å². The molecule has 0 atom stereocenters. The minimum absolute atomic E-state index is 0.0447. The SMILES string of the molecule is [2H]c1c([2H])c([2H])c(-c2cc3c4ccccc4n(-c4cc(C(C)(C)C)ccn4)c3cc2Oc2cccc(-n3[c-][n+]4c5c(cccc53)-c3ccccc3-c3ccccc3-c3cccc(-c5ccccc5)c3-4)c2)c([2H])c1[2H]. The minimum Gasteiger partial charge on any atom is -0.457 e. The van der Waals surface area contributed by atoms with Crippen LogP contribution in [0.1, 0.15) is 33.2 Å². The van der Waals surface area contributed by atoms with Gasteiger partial charge in [-0.1, -0.05) is 191 Å². The van der Waals surface area contributed by atoms with E-state index in [1.807, 2.05) is 79.0 Å². The van der Waals surface area contributed by atoms with Crippen LogP contribution >= 0.6 is 0 Å². The summed E-state index contributed by atoms with van der Waals surface area (Å²) in [4.78, 5) is 4.90. The van der Waals surface area contributed by atoms with Gasteiger partial charge in [0, 0.05) is 28.6 Å². The Morgan fingerprint density at radius 3 is 1.94 bits per heavy atom. The van der Waals surface area contributed by atoms with Crippen LogP contribution < -0.4 is 9.30 Å². The highest BCUT2D eigenvalue weighted by molar-refractivity contribution is 6.11. The summed E-state index contributed by atoms with van der Waals surface area (Å²) in [7, 11) is 0. The first-order chi connectivity index (χ1) is 35.9. The van der Waals surface area contributed by atoms with Crippen LogP contribution in [0.3, 0.4) is 0 Å². The number of aromatic nitrogens is 4. The van der Waals surface area contributed by atoms with E-state index >= 15 is 0 Å². The van der Waals surface area contributed by atoms with Gasteiger partial charge in [-0.2, -0.15) is 0 Å². The molecule has 0 aliphatic carbocycles. The highest BCUT2D eigenvalue weighted by atomic mass is 16.5. The van der Waals surface area contributed by atoms with Crippen molar-refractivity contribution in [1.29, 1.82) is 0 Å². The van der Waals surface area contributed by atoms with Crippen LogP contribution in [0.5, 0.6) is 11.5 Å². The summed E-state index contributed by atoms with van der Waals surface area (Å²) in [5.74, 6) is 1.49. The van der Waals surface area contributed by atoms with E-state index < -0.39 is 18.1 Å². The van der Waals surface area contributed by atoms with E-state index in [0.29, 0.717) is 17.1 Å². The van der Waals surface area contributed by atoms with Crippen LogP contribution in [0.2, 0.25) is 0 Å². The Labute approximate surface area is 408 Å². The van der Waals surface area contributed by atoms with Crippen LogP contribution in [-0.2, 0) is 5.41 Å². The van der Waals surface area contributed by atoms with E-state index in [9.17, 15) is 2.74 Å². The number of hydrogen-bond donors (Lipinski definition) is 0. The molecule has 0 bridgehead atoms. The predicted octanol–water partition coefficient (Wildman–Crippen LogP) is 15.9. The second-order valence-electron chi connectivity index (χ2n) is 18.6. The summed E-state index contributed by atoms with van der Waals surface area (Å²) in [6, 6.07) is 62.6. The molecule has 4 heterocycles. The van der Waals surface area contributed by atoms with E-state index in [2.05, 4.69) is 156 Å². The van der Waals surface area contributed by atoms with E-state index in [1.54, 1.807) is 0 Å². The van der Waals surface area contributed by atoms with Gasteiger partial charge in [0.05, 0.1) is 40.3 Å². The third kappa shape index (κ3) is 6.69. The second kappa shape index (κ2) is 15.9. The van der Waals surface area contributed by atoms with Gasteiger partial charge < -0.3 is 4.74 Å². The second-order valence-corrected chi connectivity index (χ2v) is 18.6. The molecule has 5 heteroatoms. The largest absolute Gasteiger partial charge is 0.457 e. The highest BCUT2D eigenvalue weighted by Crippen LogP contribution is 2.46. The van der Waals surface area contributed by atoms with E-state index in [0.717, 1.165) is 100 Å². The Morgan fingerprint density at radius 2 is 1.16 bits per heavy atom. The molecule has 0 spiro atoms. The van der Waals surface area contributed by atoms with E-state index in [4.69, 9.17) is 13.8 Å². The zero-order valence-corrected chi connectivity index (χ0v) is 38.2. The Morgan fingerprint density at radius 1 is 0.522 bits per heavy atom. The smallest absolute Gasteiger partial charge is 0.269 e. The molecule has 0 fully saturated rings.